The van der Waals surface area contributed by atoms with E-state index in [2.05, 4.69) is 0 Å². The van der Waals surface area contributed by atoms with Gasteiger partial charge in [-0.3, -0.25) is 10.1 Å². The normalized spacial score (nSPS) is 10.3. The van der Waals surface area contributed by atoms with Crippen molar-refractivity contribution < 1.29 is 14.1 Å². The highest BCUT2D eigenvalue weighted by Crippen LogP contribution is 2.30. The molecule has 0 unspecified atom stereocenters. The van der Waals surface area contributed by atoms with Crippen molar-refractivity contribution in [3.05, 3.63) is 63.5 Å². The van der Waals surface area contributed by atoms with Crippen LogP contribution in [0.1, 0.15) is 11.1 Å². The van der Waals surface area contributed by atoms with Gasteiger partial charge in [-0.2, -0.15) is 0 Å². The lowest BCUT2D eigenvalue weighted by Gasteiger charge is -2.10. The molecular weight excluding hydrogens is 285 g/mol. The molecule has 0 amide bonds. The Balaban J connectivity index is 2.33. The van der Waals surface area contributed by atoms with E-state index in [1.54, 1.807) is 6.07 Å². The molecule has 0 aromatic heterocycles. The zero-order valence-corrected chi connectivity index (χ0v) is 11.4. The number of nitro groups is 1. The lowest BCUT2D eigenvalue weighted by atomic mass is 10.1. The fourth-order valence-electron chi connectivity index (χ4n) is 1.72. The third kappa shape index (κ3) is 3.05. The monoisotopic (exact) mass is 295 g/mol. The van der Waals surface area contributed by atoms with Crippen LogP contribution in [-0.2, 0) is 5.88 Å². The van der Waals surface area contributed by atoms with E-state index in [9.17, 15) is 14.5 Å². The molecular formula is C14H11ClFNO3. The highest BCUT2D eigenvalue weighted by molar-refractivity contribution is 6.17. The van der Waals surface area contributed by atoms with Crippen LogP contribution in [0, 0.1) is 22.9 Å². The number of non-ortho nitro benzene ring substituents is 1. The number of hydrogen-bond donors (Lipinski definition) is 0. The lowest BCUT2D eigenvalue weighted by Crippen LogP contribution is -1.95. The number of halogens is 2. The molecule has 104 valence electrons. The number of benzene rings is 2. The molecule has 0 bridgehead atoms. The number of nitro benzene ring substituents is 1. The smallest absolute Gasteiger partial charge is 0.272 e. The molecule has 4 nitrogen and oxygen atoms in total. The average Bonchev–Trinajstić information content (AvgIpc) is 2.42. The Labute approximate surface area is 119 Å². The van der Waals surface area contributed by atoms with Gasteiger partial charge in [0.15, 0.2) is 11.6 Å². The van der Waals surface area contributed by atoms with Crippen molar-refractivity contribution in [2.75, 3.05) is 0 Å². The van der Waals surface area contributed by atoms with E-state index < -0.39 is 10.7 Å². The number of rotatable bonds is 4. The fraction of sp³-hybridized carbons (Fsp3) is 0.143. The molecule has 0 spiro atoms. The SMILES string of the molecule is Cc1ccc(Oc2ccc([N+](=O)[O-])cc2F)c(CCl)c1. The van der Waals surface area contributed by atoms with E-state index in [0.29, 0.717) is 5.75 Å². The maximum Gasteiger partial charge on any atom is 0.272 e. The van der Waals surface area contributed by atoms with Crippen molar-refractivity contribution in [2.24, 2.45) is 0 Å². The van der Waals surface area contributed by atoms with Crippen molar-refractivity contribution in [2.45, 2.75) is 12.8 Å². The molecule has 0 saturated carbocycles. The number of ether oxygens (including phenoxy) is 1. The highest BCUT2D eigenvalue weighted by atomic mass is 35.5. The summed E-state index contributed by atoms with van der Waals surface area (Å²) in [6.07, 6.45) is 0. The maximum absolute atomic E-state index is 13.7. The minimum atomic E-state index is -0.791. The topological polar surface area (TPSA) is 52.4 Å². The maximum atomic E-state index is 13.7. The Morgan fingerprint density at radius 2 is 1.95 bits per heavy atom. The largest absolute Gasteiger partial charge is 0.454 e. The Kier molecular flexibility index (Phi) is 4.20. The third-order valence-corrected chi connectivity index (χ3v) is 2.99. The first-order valence-corrected chi connectivity index (χ1v) is 6.32. The summed E-state index contributed by atoms with van der Waals surface area (Å²) in [6.45, 7) is 1.91. The Morgan fingerprint density at radius 1 is 1.25 bits per heavy atom. The van der Waals surface area contributed by atoms with Crippen molar-refractivity contribution in [3.63, 3.8) is 0 Å². The minimum Gasteiger partial charge on any atom is -0.454 e. The first kappa shape index (κ1) is 14.3. The van der Waals surface area contributed by atoms with Crippen LogP contribution in [0.3, 0.4) is 0 Å². The van der Waals surface area contributed by atoms with Crippen molar-refractivity contribution in [1.82, 2.24) is 0 Å². The van der Waals surface area contributed by atoms with Crippen LogP contribution in [0.5, 0.6) is 11.5 Å². The van der Waals surface area contributed by atoms with Gasteiger partial charge in [0.25, 0.3) is 5.69 Å². The van der Waals surface area contributed by atoms with Crippen molar-refractivity contribution in [3.8, 4) is 11.5 Å². The second-order valence-corrected chi connectivity index (χ2v) is 4.49. The molecule has 2 rings (SSSR count). The predicted molar refractivity (Wildman–Crippen MR) is 73.9 cm³/mol. The summed E-state index contributed by atoms with van der Waals surface area (Å²) >= 11 is 5.81. The molecule has 0 heterocycles. The van der Waals surface area contributed by atoms with Crippen LogP contribution in [0.15, 0.2) is 36.4 Å². The second kappa shape index (κ2) is 5.88. The van der Waals surface area contributed by atoms with Gasteiger partial charge in [-0.25, -0.2) is 4.39 Å². The molecule has 0 radical (unpaired) electrons. The summed E-state index contributed by atoms with van der Waals surface area (Å²) in [5, 5.41) is 10.5. The number of hydrogen-bond acceptors (Lipinski definition) is 3. The fourth-order valence-corrected chi connectivity index (χ4v) is 1.93. The quantitative estimate of drug-likeness (QED) is 0.471. The molecule has 0 atom stereocenters. The molecule has 0 N–H and O–H groups in total. The predicted octanol–water partition coefficient (Wildman–Crippen LogP) is 4.57. The summed E-state index contributed by atoms with van der Waals surface area (Å²) in [5.74, 6) is -0.213. The first-order valence-electron chi connectivity index (χ1n) is 5.78. The van der Waals surface area contributed by atoms with Crippen LogP contribution in [0.4, 0.5) is 10.1 Å². The Bertz CT molecular complexity index is 661. The van der Waals surface area contributed by atoms with Gasteiger partial charge in [0.1, 0.15) is 5.75 Å². The van der Waals surface area contributed by atoms with Gasteiger partial charge in [0.2, 0.25) is 0 Å². The van der Waals surface area contributed by atoms with Gasteiger partial charge in [-0.05, 0) is 19.1 Å². The van der Waals surface area contributed by atoms with E-state index in [0.717, 1.165) is 17.2 Å². The number of alkyl halides is 1. The molecule has 0 aliphatic rings. The zero-order valence-electron chi connectivity index (χ0n) is 10.6. The van der Waals surface area contributed by atoms with Gasteiger partial charge < -0.3 is 4.74 Å². The molecule has 2 aromatic carbocycles. The van der Waals surface area contributed by atoms with Gasteiger partial charge >= 0.3 is 0 Å². The zero-order chi connectivity index (χ0) is 14.7. The summed E-state index contributed by atoms with van der Waals surface area (Å²) in [4.78, 5) is 9.88. The molecule has 0 aliphatic heterocycles. The Morgan fingerprint density at radius 3 is 2.55 bits per heavy atom. The summed E-state index contributed by atoms with van der Waals surface area (Å²) < 4.78 is 19.2. The standard InChI is InChI=1S/C14H11ClFNO3/c1-9-2-4-13(10(6-9)8-15)20-14-5-3-11(17(18)19)7-12(14)16/h2-7H,8H2,1H3. The van der Waals surface area contributed by atoms with Crippen molar-refractivity contribution in [1.29, 1.82) is 0 Å². The van der Waals surface area contributed by atoms with Gasteiger partial charge in [0.05, 0.1) is 16.9 Å². The minimum absolute atomic E-state index is 0.0779. The van der Waals surface area contributed by atoms with Gasteiger partial charge in [-0.15, -0.1) is 11.6 Å². The molecule has 20 heavy (non-hydrogen) atoms. The average molecular weight is 296 g/mol. The molecule has 0 aliphatic carbocycles. The van der Waals surface area contributed by atoms with E-state index in [1.807, 2.05) is 19.1 Å². The summed E-state index contributed by atoms with van der Waals surface area (Å²) in [7, 11) is 0. The van der Waals surface area contributed by atoms with E-state index in [-0.39, 0.29) is 17.3 Å². The van der Waals surface area contributed by atoms with Crippen molar-refractivity contribution >= 4 is 17.3 Å². The highest BCUT2D eigenvalue weighted by Gasteiger charge is 2.13. The molecule has 2 aromatic rings. The van der Waals surface area contributed by atoms with Crippen LogP contribution in [0.2, 0.25) is 0 Å². The molecule has 0 saturated heterocycles. The van der Waals surface area contributed by atoms with Gasteiger partial charge in [-0.1, -0.05) is 17.7 Å². The second-order valence-electron chi connectivity index (χ2n) is 4.22. The van der Waals surface area contributed by atoms with E-state index >= 15 is 0 Å². The third-order valence-electron chi connectivity index (χ3n) is 2.71. The number of nitrogens with zero attached hydrogens (tertiary/aromatic N) is 1. The van der Waals surface area contributed by atoms with Gasteiger partial charge in [0, 0.05) is 11.6 Å². The Hall–Kier alpha value is -2.14. The van der Waals surface area contributed by atoms with E-state index in [4.69, 9.17) is 16.3 Å². The van der Waals surface area contributed by atoms with Crippen LogP contribution in [-0.4, -0.2) is 4.92 Å². The first-order chi connectivity index (χ1) is 9.51. The summed E-state index contributed by atoms with van der Waals surface area (Å²) in [5.41, 5.74) is 1.41. The summed E-state index contributed by atoms with van der Waals surface area (Å²) in [6, 6.07) is 8.58. The lowest BCUT2D eigenvalue weighted by molar-refractivity contribution is -0.385. The van der Waals surface area contributed by atoms with Crippen LogP contribution < -0.4 is 4.74 Å². The van der Waals surface area contributed by atoms with Crippen LogP contribution >= 0.6 is 11.6 Å². The molecule has 0 fully saturated rings. The van der Waals surface area contributed by atoms with Crippen LogP contribution in [0.25, 0.3) is 0 Å². The molecule has 6 heteroatoms. The van der Waals surface area contributed by atoms with E-state index in [1.165, 1.54) is 12.1 Å². The number of aryl methyl sites for hydroxylation is 1.